The summed E-state index contributed by atoms with van der Waals surface area (Å²) >= 11 is 4.15. The second kappa shape index (κ2) is 3.03. The van der Waals surface area contributed by atoms with Crippen LogP contribution in [0, 0.1) is 0 Å². The Bertz CT molecular complexity index is 216. The van der Waals surface area contributed by atoms with Crippen LogP contribution >= 0.6 is 0 Å². The number of esters is 1. The molecule has 0 spiro atoms. The zero-order valence-electron chi connectivity index (χ0n) is 5.51. The minimum absolute atomic E-state index is 0.308. The molecule has 2 nitrogen and oxygen atoms in total. The third kappa shape index (κ3) is 1.30. The predicted octanol–water partition coefficient (Wildman–Crippen LogP) is 0.920. The van der Waals surface area contributed by atoms with Crippen LogP contribution in [0.1, 0.15) is 6.42 Å². The molecule has 0 aliphatic heterocycles. The van der Waals surface area contributed by atoms with Crippen LogP contribution in [0.2, 0.25) is 0 Å². The Morgan fingerprint density at radius 2 is 2.50 bits per heavy atom. The summed E-state index contributed by atoms with van der Waals surface area (Å²) in [6, 6.07) is 0. The normalized spacial score (nSPS) is 16.3. The van der Waals surface area contributed by atoms with Crippen LogP contribution in [0.4, 0.5) is 0 Å². The van der Waals surface area contributed by atoms with Gasteiger partial charge in [0.1, 0.15) is 0 Å². The summed E-state index contributed by atoms with van der Waals surface area (Å²) < 4.78 is 5.28. The topological polar surface area (TPSA) is 26.3 Å². The van der Waals surface area contributed by atoms with Gasteiger partial charge in [-0.05, 0) is 0 Å². The first-order valence-electron chi connectivity index (χ1n) is 2.87. The molecular formula is C7H7CoO2. The van der Waals surface area contributed by atoms with E-state index in [1.807, 2.05) is 6.08 Å². The van der Waals surface area contributed by atoms with Gasteiger partial charge in [0.05, 0.1) is 0 Å². The van der Waals surface area contributed by atoms with Gasteiger partial charge in [-0.3, -0.25) is 0 Å². The third-order valence-corrected chi connectivity index (χ3v) is 1.75. The summed E-state index contributed by atoms with van der Waals surface area (Å²) in [5.74, 6) is -0.308. The number of rotatable bonds is 1. The van der Waals surface area contributed by atoms with Crippen molar-refractivity contribution in [3.63, 3.8) is 0 Å². The molecule has 0 atom stereocenters. The minimum atomic E-state index is -0.308. The Morgan fingerprint density at radius 3 is 2.90 bits per heavy atom. The average molecular weight is 182 g/mol. The van der Waals surface area contributed by atoms with Crippen LogP contribution in [0.25, 0.3) is 0 Å². The van der Waals surface area contributed by atoms with E-state index in [2.05, 4.69) is 20.5 Å². The molecule has 0 aromatic heterocycles. The van der Waals surface area contributed by atoms with Crippen molar-refractivity contribution in [1.82, 2.24) is 0 Å². The van der Waals surface area contributed by atoms with Crippen LogP contribution in [0.15, 0.2) is 22.2 Å². The van der Waals surface area contributed by atoms with Crippen molar-refractivity contribution in [1.29, 1.82) is 0 Å². The molecule has 0 aromatic rings. The molecule has 0 amide bonds. The van der Waals surface area contributed by atoms with E-state index in [0.717, 1.165) is 10.9 Å². The molecular weight excluding hydrogens is 175 g/mol. The Hall–Kier alpha value is -0.544. The van der Waals surface area contributed by atoms with E-state index >= 15 is 0 Å². The van der Waals surface area contributed by atoms with Crippen LogP contribution in [-0.2, 0) is 25.3 Å². The molecule has 1 rings (SSSR count). The molecule has 0 fully saturated rings. The zero-order chi connectivity index (χ0) is 7.56. The van der Waals surface area contributed by atoms with Crippen molar-refractivity contribution in [3.8, 4) is 0 Å². The van der Waals surface area contributed by atoms with Gasteiger partial charge in [-0.1, -0.05) is 0 Å². The fraction of sp³-hybridized carbons (Fsp3) is 0.286. The van der Waals surface area contributed by atoms with Crippen molar-refractivity contribution in [2.24, 2.45) is 0 Å². The Morgan fingerprint density at radius 1 is 1.80 bits per heavy atom. The summed E-state index contributed by atoms with van der Waals surface area (Å²) in [5.41, 5.74) is 0.572. The summed E-state index contributed by atoms with van der Waals surface area (Å²) in [7, 11) is 1.36. The molecule has 56 valence electrons. The van der Waals surface area contributed by atoms with Crippen LogP contribution in [0.3, 0.4) is 0 Å². The molecule has 0 unspecified atom stereocenters. The second-order valence-electron chi connectivity index (χ2n) is 1.89. The van der Waals surface area contributed by atoms with Gasteiger partial charge in [0.25, 0.3) is 0 Å². The maximum atomic E-state index is 10.8. The molecule has 0 N–H and O–H groups in total. The Balaban J connectivity index is 2.80. The fourth-order valence-corrected chi connectivity index (χ4v) is 1.07. The molecule has 3 heteroatoms. The standard InChI is InChI=1S/C7H7O2.Co/c1-9-7(8)6-4-2-3-5-6;/h2,4H,3H2,1H3;. The molecule has 1 aliphatic carbocycles. The second-order valence-corrected chi connectivity index (χ2v) is 2.52. The van der Waals surface area contributed by atoms with Crippen LogP contribution in [0.5, 0.6) is 0 Å². The van der Waals surface area contributed by atoms with E-state index in [1.54, 1.807) is 6.08 Å². The fourth-order valence-electron chi connectivity index (χ4n) is 0.756. The van der Waals surface area contributed by atoms with E-state index < -0.39 is 0 Å². The maximum absolute atomic E-state index is 10.8. The molecule has 0 aromatic carbocycles. The monoisotopic (exact) mass is 182 g/mol. The van der Waals surface area contributed by atoms with E-state index in [4.69, 9.17) is 0 Å². The van der Waals surface area contributed by atoms with Crippen LogP contribution < -0.4 is 0 Å². The predicted molar refractivity (Wildman–Crippen MR) is 32.8 cm³/mol. The van der Waals surface area contributed by atoms with Gasteiger partial charge in [-0.25, -0.2) is 0 Å². The van der Waals surface area contributed by atoms with Gasteiger partial charge < -0.3 is 0 Å². The van der Waals surface area contributed by atoms with Crippen molar-refractivity contribution in [2.45, 2.75) is 6.42 Å². The summed E-state index contributed by atoms with van der Waals surface area (Å²) in [6.07, 6.45) is 4.35. The number of hydrogen-bond acceptors (Lipinski definition) is 2. The van der Waals surface area contributed by atoms with Crippen molar-refractivity contribution >= 4 is 5.97 Å². The average Bonchev–Trinajstić information content (AvgIpc) is 2.34. The molecule has 0 radical (unpaired) electrons. The van der Waals surface area contributed by atoms with Gasteiger partial charge in [0.15, 0.2) is 0 Å². The summed E-state index contributed by atoms with van der Waals surface area (Å²) in [4.78, 5) is 10.8. The number of hydrogen-bond donors (Lipinski definition) is 0. The number of carbonyl (C=O) groups is 1. The van der Waals surface area contributed by atoms with Gasteiger partial charge >= 0.3 is 67.0 Å². The summed E-state index contributed by atoms with van der Waals surface area (Å²) in [6.45, 7) is 0. The molecule has 0 saturated carbocycles. The Labute approximate surface area is 67.5 Å². The zero-order valence-corrected chi connectivity index (χ0v) is 6.55. The summed E-state index contributed by atoms with van der Waals surface area (Å²) in [5, 5.41) is 0. The molecule has 0 heterocycles. The first kappa shape index (κ1) is 7.56. The van der Waals surface area contributed by atoms with Gasteiger partial charge in [-0.2, -0.15) is 0 Å². The van der Waals surface area contributed by atoms with Gasteiger partial charge in [0.2, 0.25) is 0 Å². The first-order chi connectivity index (χ1) is 4.75. The molecule has 0 bridgehead atoms. The SMILES string of the molecule is COC(=O)C1=[C]([Co])CC=C1. The number of allylic oxidation sites excluding steroid dienone is 2. The van der Waals surface area contributed by atoms with E-state index in [-0.39, 0.29) is 5.97 Å². The Kier molecular flexibility index (Phi) is 2.29. The van der Waals surface area contributed by atoms with Crippen molar-refractivity contribution < 1.29 is 25.3 Å². The quantitative estimate of drug-likeness (QED) is 0.563. The third-order valence-electron chi connectivity index (χ3n) is 1.26. The first-order valence-corrected chi connectivity index (χ1v) is 3.39. The van der Waals surface area contributed by atoms with Crippen molar-refractivity contribution in [3.05, 3.63) is 22.2 Å². The van der Waals surface area contributed by atoms with E-state index in [1.165, 1.54) is 7.11 Å². The van der Waals surface area contributed by atoms with Gasteiger partial charge in [-0.15, -0.1) is 0 Å². The number of methoxy groups -OCH3 is 1. The van der Waals surface area contributed by atoms with Crippen molar-refractivity contribution in [2.75, 3.05) is 7.11 Å². The van der Waals surface area contributed by atoms with E-state index in [0.29, 0.717) is 5.57 Å². The molecule has 0 saturated heterocycles. The van der Waals surface area contributed by atoms with Crippen LogP contribution in [-0.4, -0.2) is 13.1 Å². The van der Waals surface area contributed by atoms with Gasteiger partial charge in [0, 0.05) is 0 Å². The molecule has 1 aliphatic rings. The molecule has 10 heavy (non-hydrogen) atoms. The number of carbonyl (C=O) groups excluding carboxylic acids is 1. The number of ether oxygens (including phenoxy) is 1. The van der Waals surface area contributed by atoms with E-state index in [9.17, 15) is 4.79 Å².